The van der Waals surface area contributed by atoms with Crippen LogP contribution in [0.2, 0.25) is 0 Å². The highest BCUT2D eigenvalue weighted by Gasteiger charge is 2.50. The van der Waals surface area contributed by atoms with Crippen LogP contribution in [0.1, 0.15) is 63.2 Å². The Labute approximate surface area is 570 Å². The van der Waals surface area contributed by atoms with Crippen LogP contribution in [0, 0.1) is 0 Å². The van der Waals surface area contributed by atoms with Gasteiger partial charge < -0.3 is 86.3 Å². The number of imidazole rings is 5. The number of hydrogen-bond acceptors (Lipinski definition) is 39. The molecule has 5 aliphatic heterocycles. The summed E-state index contributed by atoms with van der Waals surface area (Å²) in [4.78, 5) is 97.1. The second-order valence-corrected chi connectivity index (χ2v) is 30.2. The first-order valence-corrected chi connectivity index (χ1v) is 37.4. The molecule has 51 heteroatoms. The largest absolute Gasteiger partial charge is 0.472 e. The van der Waals surface area contributed by atoms with E-state index in [9.17, 15) is 43.2 Å². The Morgan fingerprint density at radius 1 is 0.382 bits per heavy atom. The lowest BCUT2D eigenvalue weighted by Crippen LogP contribution is -2.32. The number of fused-ring (bicyclic) bond motifs is 5. The van der Waals surface area contributed by atoms with Gasteiger partial charge in [0, 0.05) is 38.8 Å². The minimum absolute atomic E-state index is 0.000503. The van der Waals surface area contributed by atoms with Crippen LogP contribution in [0.25, 0.3) is 55.8 Å². The minimum atomic E-state index is -5.39. The average Bonchev–Trinajstić information content (AvgIpc) is 1.65. The Morgan fingerprint density at radius 3 is 0.941 bits per heavy atom. The molecule has 3 unspecified atom stereocenters. The molecule has 5 aliphatic rings. The Kier molecular flexibility index (Phi) is 18.8. The summed E-state index contributed by atoms with van der Waals surface area (Å²) < 4.78 is 141. The molecule has 0 aliphatic carbocycles. The topological polar surface area (TPSA) is 638 Å². The molecular formula is C51H63N25O22P4. The zero-order valence-corrected chi connectivity index (χ0v) is 56.4. The van der Waals surface area contributed by atoms with Gasteiger partial charge in [0.05, 0.1) is 76.9 Å². The summed E-state index contributed by atoms with van der Waals surface area (Å²) in [5, 5.41) is 21.4. The highest BCUT2D eigenvalue weighted by molar-refractivity contribution is 7.53. The van der Waals surface area contributed by atoms with Crippen LogP contribution in [-0.2, 0) is 78.1 Å². The number of phosphoric acid groups is 3. The number of phosphoric ester groups is 3. The molecule has 15 N–H and O–H groups in total. The predicted molar refractivity (Wildman–Crippen MR) is 341 cm³/mol. The Morgan fingerprint density at radius 2 is 0.637 bits per heavy atom. The highest BCUT2D eigenvalue weighted by Crippen LogP contribution is 2.56. The number of nitrogen functional groups attached to an aromatic ring is 5. The normalized spacial score (nSPS) is 29.4. The van der Waals surface area contributed by atoms with Crippen molar-refractivity contribution in [3.8, 4) is 0 Å². The highest BCUT2D eigenvalue weighted by atomic mass is 31.2. The van der Waals surface area contributed by atoms with Gasteiger partial charge in [-0.1, -0.05) is 0 Å². The maximum absolute atomic E-state index is 14.4. The molecule has 544 valence electrons. The molecule has 5 fully saturated rings. The summed E-state index contributed by atoms with van der Waals surface area (Å²) in [5.74, 6) is 0.291. The van der Waals surface area contributed by atoms with Crippen molar-refractivity contribution in [1.29, 1.82) is 0 Å². The number of nitrogens with zero attached hydrogens (tertiary/aromatic N) is 20. The van der Waals surface area contributed by atoms with E-state index in [1.165, 1.54) is 81.9 Å². The number of ether oxygens (including phenoxy) is 5. The molecule has 0 aromatic carbocycles. The lowest BCUT2D eigenvalue weighted by Gasteiger charge is -2.26. The van der Waals surface area contributed by atoms with Gasteiger partial charge in [-0.3, -0.25) is 54.5 Å². The molecule has 10 aromatic rings. The number of rotatable bonds is 26. The predicted octanol–water partition coefficient (Wildman–Crippen LogP) is 0.619. The lowest BCUT2D eigenvalue weighted by molar-refractivity contribution is -0.0621. The molecular weight excluding hydrogens is 1440 g/mol. The van der Waals surface area contributed by atoms with Gasteiger partial charge in [0.1, 0.15) is 139 Å². The Bertz CT molecular complexity index is 4980. The molecule has 15 rings (SSSR count). The zero-order chi connectivity index (χ0) is 71.1. The van der Waals surface area contributed by atoms with E-state index in [1.807, 2.05) is 0 Å². The van der Waals surface area contributed by atoms with Gasteiger partial charge in [-0.2, -0.15) is 0 Å². The van der Waals surface area contributed by atoms with E-state index in [0.717, 1.165) is 6.33 Å². The van der Waals surface area contributed by atoms with Crippen LogP contribution >= 0.6 is 31.1 Å². The summed E-state index contributed by atoms with van der Waals surface area (Å²) >= 11 is 0. The van der Waals surface area contributed by atoms with Gasteiger partial charge in [-0.15, -0.1) is 0 Å². The molecule has 5 saturated heterocycles. The third kappa shape index (κ3) is 14.0. The number of aromatic nitrogens is 20. The molecule has 102 heavy (non-hydrogen) atoms. The summed E-state index contributed by atoms with van der Waals surface area (Å²) in [6.45, 7) is -2.46. The van der Waals surface area contributed by atoms with E-state index < -0.39 is 156 Å². The Balaban J connectivity index is 0.636. The second kappa shape index (κ2) is 27.5. The maximum atomic E-state index is 14.4. The van der Waals surface area contributed by atoms with Gasteiger partial charge in [0.15, 0.2) is 57.3 Å². The van der Waals surface area contributed by atoms with Gasteiger partial charge in [0.2, 0.25) is 0 Å². The van der Waals surface area contributed by atoms with E-state index in [0.29, 0.717) is 16.8 Å². The van der Waals surface area contributed by atoms with Gasteiger partial charge in [-0.05, 0) is 0 Å². The van der Waals surface area contributed by atoms with E-state index in [1.54, 1.807) is 4.57 Å². The fourth-order valence-corrected chi connectivity index (χ4v) is 16.6. The third-order valence-corrected chi connectivity index (χ3v) is 21.7. The molecule has 0 radical (unpaired) electrons. The molecule has 0 bridgehead atoms. The van der Waals surface area contributed by atoms with E-state index in [4.69, 9.17) is 88.5 Å². The zero-order valence-electron chi connectivity index (χ0n) is 52.8. The smallest absolute Gasteiger partial charge is 0.394 e. The first-order chi connectivity index (χ1) is 48.8. The lowest BCUT2D eigenvalue weighted by atomic mass is 10.2. The third-order valence-electron chi connectivity index (χ3n) is 17.4. The van der Waals surface area contributed by atoms with E-state index >= 15 is 0 Å². The van der Waals surface area contributed by atoms with Gasteiger partial charge >= 0.3 is 31.1 Å². The first-order valence-electron chi connectivity index (χ1n) is 30.9. The second-order valence-electron chi connectivity index (χ2n) is 23.9. The fourth-order valence-electron chi connectivity index (χ4n) is 12.6. The van der Waals surface area contributed by atoms with Gasteiger partial charge in [-0.25, -0.2) is 88.5 Å². The van der Waals surface area contributed by atoms with Crippen molar-refractivity contribution in [2.75, 3.05) is 68.4 Å². The summed E-state index contributed by atoms with van der Waals surface area (Å²) in [6.07, 6.45) is -6.31. The van der Waals surface area contributed by atoms with E-state index in [2.05, 4.69) is 74.8 Å². The number of aliphatic hydroxyl groups is 2. The first kappa shape index (κ1) is 69.7. The molecule has 15 heterocycles. The standard InChI is InChI=1S/C51H63N25O22P4/c1-99(79,95-23-3-33(90-27(23)7-77)73-18-68-38-43(53)58-13-63-48(38)73)86-9-29-24(4-34(92-29)74-19-69-39-44(54)59-14-64-49(39)74)96-101(82,83)88-11-31-26(6-36(94-31)76-21-71-41-46(56)61-16-66-51(41)76)98-102(84,85)89-10-30-25(5-35(93-30)75-20-70-40-45(55)60-15-65-50(40)75)97-100(80,81)87-8-28-22(78)2-32(91-28)72-17-67-37-42(52)57-12-62-47(37)72/h12-36,77-78H,2-11H2,1H3,(H,80,81)(H,82,83)(H,84,85)(H2,52,57,62)(H2,53,58,63)(H2,54,59,64)(H2,55,60,65)(H2,56,61,66)/t22-,23-,24-,25-,26-,27+,28+,29+,30+,31+,32+,33+,34+,35+,36+,99+/m0/s1. The number of anilines is 5. The van der Waals surface area contributed by atoms with Crippen molar-refractivity contribution in [2.45, 2.75) is 124 Å². The Hall–Kier alpha value is -8.05. The van der Waals surface area contributed by atoms with Crippen LogP contribution in [-0.4, -0.2) is 223 Å². The molecule has 19 atom stereocenters. The van der Waals surface area contributed by atoms with Crippen molar-refractivity contribution in [2.24, 2.45) is 0 Å². The number of nitrogens with two attached hydrogens (primary N) is 5. The summed E-state index contributed by atoms with van der Waals surface area (Å²) in [5.41, 5.74) is 32.5. The molecule has 0 saturated carbocycles. The maximum Gasteiger partial charge on any atom is 0.472 e. The van der Waals surface area contributed by atoms with Crippen molar-refractivity contribution in [1.82, 2.24) is 97.6 Å². The molecule has 47 nitrogen and oxygen atoms in total. The minimum Gasteiger partial charge on any atom is -0.394 e. The van der Waals surface area contributed by atoms with Crippen LogP contribution in [0.3, 0.4) is 0 Å². The van der Waals surface area contributed by atoms with Crippen LogP contribution in [0.5, 0.6) is 0 Å². The number of hydrogen-bond donors (Lipinski definition) is 10. The molecule has 10 aromatic heterocycles. The van der Waals surface area contributed by atoms with Crippen LogP contribution in [0.15, 0.2) is 63.3 Å². The molecule has 0 spiro atoms. The van der Waals surface area contributed by atoms with Crippen molar-refractivity contribution in [3.63, 3.8) is 0 Å². The summed E-state index contributed by atoms with van der Waals surface area (Å²) in [7, 11) is -20.1. The van der Waals surface area contributed by atoms with Crippen LogP contribution < -0.4 is 28.7 Å². The van der Waals surface area contributed by atoms with Crippen molar-refractivity contribution in [3.05, 3.63) is 63.3 Å². The molecule has 0 amide bonds. The van der Waals surface area contributed by atoms with Crippen LogP contribution in [0.4, 0.5) is 29.1 Å². The van der Waals surface area contributed by atoms with E-state index in [-0.39, 0.29) is 100 Å². The average molecular weight is 1500 g/mol. The van der Waals surface area contributed by atoms with Crippen molar-refractivity contribution >= 4 is 116 Å². The quantitative estimate of drug-likeness (QED) is 0.0332. The fraction of sp³-hybridized carbons (Fsp3) is 0.510. The van der Waals surface area contributed by atoms with Crippen molar-refractivity contribution < 1.29 is 103 Å². The SMILES string of the molecule is C[P@@](=O)(OC[C@H]1O[C@@H](n2cnc3c(N)ncnc32)C[C@@H]1OP(=O)(O)OC[C@H]1O[C@@H](n2cnc3c(N)ncnc32)C[C@@H]1OP(=O)(O)OC[C@H]1O[C@@H](n2cnc3c(N)ncnc32)C[C@@H]1OP(=O)(O)OC[C@H]1O[C@@H](n2cnc3c(N)ncnc32)C[C@@H]1O)O[C@H]1C[C@H](n2cnc3c(N)ncnc32)O[C@@H]1CO. The monoisotopic (exact) mass is 1500 g/mol. The van der Waals surface area contributed by atoms with Gasteiger partial charge in [0.25, 0.3) is 0 Å². The number of aliphatic hydroxyl groups excluding tert-OH is 2. The summed E-state index contributed by atoms with van der Waals surface area (Å²) in [6, 6.07) is 0.